The van der Waals surface area contributed by atoms with Gasteiger partial charge in [0.15, 0.2) is 6.40 Å². The van der Waals surface area contributed by atoms with Gasteiger partial charge in [-0.1, -0.05) is 13.8 Å². The summed E-state index contributed by atoms with van der Waals surface area (Å²) in [5.41, 5.74) is 1.80. The highest BCUT2D eigenvalue weighted by molar-refractivity contribution is 7.16. The Bertz CT molecular complexity index is 514. The van der Waals surface area contributed by atoms with Crippen LogP contribution in [0.15, 0.2) is 4.99 Å². The third-order valence-corrected chi connectivity index (χ3v) is 4.29. The molecule has 1 aromatic rings. The van der Waals surface area contributed by atoms with E-state index in [0.717, 1.165) is 21.9 Å². The van der Waals surface area contributed by atoms with Gasteiger partial charge in [-0.25, -0.2) is 4.99 Å². The summed E-state index contributed by atoms with van der Waals surface area (Å²) in [7, 11) is 0. The molecule has 0 aliphatic carbocycles. The van der Waals surface area contributed by atoms with Crippen molar-refractivity contribution in [2.75, 3.05) is 6.61 Å². The van der Waals surface area contributed by atoms with E-state index >= 15 is 0 Å². The van der Waals surface area contributed by atoms with Crippen LogP contribution in [0.1, 0.15) is 36.8 Å². The molecule has 19 heavy (non-hydrogen) atoms. The van der Waals surface area contributed by atoms with Crippen molar-refractivity contribution in [3.63, 3.8) is 0 Å². The standard InChI is InChI=1S/C14H18N2O2S/c1-4-17-8-16-14-11(6-15)10-5-12(9(2)3)18-7-13(10)19-14/h8-9,12H,4-5,7H2,1-3H3. The van der Waals surface area contributed by atoms with Crippen LogP contribution in [-0.2, 0) is 22.5 Å². The third-order valence-electron chi connectivity index (χ3n) is 3.17. The monoisotopic (exact) mass is 278 g/mol. The molecule has 1 aliphatic rings. The Hall–Kier alpha value is -1.38. The molecule has 0 fully saturated rings. The second kappa shape index (κ2) is 6.18. The second-order valence-electron chi connectivity index (χ2n) is 4.78. The number of thiophene rings is 1. The Kier molecular flexibility index (Phi) is 4.56. The zero-order chi connectivity index (χ0) is 13.8. The van der Waals surface area contributed by atoms with E-state index in [9.17, 15) is 5.26 Å². The Morgan fingerprint density at radius 3 is 3.05 bits per heavy atom. The van der Waals surface area contributed by atoms with E-state index in [1.54, 1.807) is 0 Å². The minimum absolute atomic E-state index is 0.193. The highest BCUT2D eigenvalue weighted by Gasteiger charge is 2.27. The van der Waals surface area contributed by atoms with Crippen molar-refractivity contribution in [3.05, 3.63) is 16.0 Å². The lowest BCUT2D eigenvalue weighted by Gasteiger charge is -2.26. The molecule has 1 aliphatic heterocycles. The van der Waals surface area contributed by atoms with Crippen LogP contribution in [0.2, 0.25) is 0 Å². The molecule has 0 N–H and O–H groups in total. The van der Waals surface area contributed by atoms with Crippen molar-refractivity contribution in [3.8, 4) is 6.07 Å². The van der Waals surface area contributed by atoms with Gasteiger partial charge in [-0.15, -0.1) is 11.3 Å². The maximum Gasteiger partial charge on any atom is 0.175 e. The minimum Gasteiger partial charge on any atom is -0.483 e. The van der Waals surface area contributed by atoms with Gasteiger partial charge in [-0.3, -0.25) is 0 Å². The number of ether oxygens (including phenoxy) is 2. The van der Waals surface area contributed by atoms with Crippen LogP contribution in [-0.4, -0.2) is 19.1 Å². The number of hydrogen-bond acceptors (Lipinski definition) is 5. The molecule has 1 unspecified atom stereocenters. The summed E-state index contributed by atoms with van der Waals surface area (Å²) in [6.45, 7) is 7.35. The number of aliphatic imine (C=N–C) groups is 1. The SMILES string of the molecule is CCOC=Nc1sc2c(c1C#N)CC(C(C)C)OC2. The quantitative estimate of drug-likeness (QED) is 0.626. The molecule has 5 heteroatoms. The first kappa shape index (κ1) is 14.0. The molecule has 0 saturated carbocycles. The molecule has 4 nitrogen and oxygen atoms in total. The Labute approximate surface area is 117 Å². The number of fused-ring (bicyclic) bond motifs is 1. The lowest BCUT2D eigenvalue weighted by atomic mass is 9.95. The average molecular weight is 278 g/mol. The summed E-state index contributed by atoms with van der Waals surface area (Å²) in [5.74, 6) is 0.454. The van der Waals surface area contributed by atoms with Crippen molar-refractivity contribution in [1.82, 2.24) is 0 Å². The van der Waals surface area contributed by atoms with Crippen molar-refractivity contribution in [2.24, 2.45) is 10.9 Å². The number of rotatable bonds is 4. The molecule has 2 heterocycles. The molecule has 0 radical (unpaired) electrons. The zero-order valence-corrected chi connectivity index (χ0v) is 12.3. The van der Waals surface area contributed by atoms with Gasteiger partial charge < -0.3 is 9.47 Å². The number of hydrogen-bond donors (Lipinski definition) is 0. The van der Waals surface area contributed by atoms with Gasteiger partial charge >= 0.3 is 0 Å². The second-order valence-corrected chi connectivity index (χ2v) is 5.87. The maximum atomic E-state index is 9.35. The molecule has 0 amide bonds. The topological polar surface area (TPSA) is 54.6 Å². The van der Waals surface area contributed by atoms with Gasteiger partial charge in [0.05, 0.1) is 24.9 Å². The van der Waals surface area contributed by atoms with E-state index in [2.05, 4.69) is 24.9 Å². The average Bonchev–Trinajstić information content (AvgIpc) is 2.75. The molecule has 102 valence electrons. The van der Waals surface area contributed by atoms with E-state index in [1.807, 2.05) is 6.92 Å². The van der Waals surface area contributed by atoms with Crippen LogP contribution in [0, 0.1) is 17.2 Å². The molecule has 0 spiro atoms. The van der Waals surface area contributed by atoms with Gasteiger partial charge in [-0.05, 0) is 18.4 Å². The van der Waals surface area contributed by atoms with Crippen LogP contribution in [0.5, 0.6) is 0 Å². The molecule has 1 atom stereocenters. The van der Waals surface area contributed by atoms with E-state index in [0.29, 0.717) is 24.7 Å². The van der Waals surface area contributed by atoms with Gasteiger partial charge in [0, 0.05) is 11.3 Å². The van der Waals surface area contributed by atoms with Crippen LogP contribution in [0.3, 0.4) is 0 Å². The first-order valence-electron chi connectivity index (χ1n) is 6.47. The fourth-order valence-corrected chi connectivity index (χ4v) is 3.10. The maximum absolute atomic E-state index is 9.35. The summed E-state index contributed by atoms with van der Waals surface area (Å²) >= 11 is 1.53. The number of nitriles is 1. The predicted octanol–water partition coefficient (Wildman–Crippen LogP) is 3.41. The summed E-state index contributed by atoms with van der Waals surface area (Å²) in [6, 6.07) is 2.28. The first-order valence-corrected chi connectivity index (χ1v) is 7.29. The highest BCUT2D eigenvalue weighted by Crippen LogP contribution is 2.39. The molecular weight excluding hydrogens is 260 g/mol. The summed E-state index contributed by atoms with van der Waals surface area (Å²) in [4.78, 5) is 5.36. The van der Waals surface area contributed by atoms with Gasteiger partial charge in [0.1, 0.15) is 11.1 Å². The first-order chi connectivity index (χ1) is 9.17. The minimum atomic E-state index is 0.193. The third kappa shape index (κ3) is 2.96. The molecule has 2 rings (SSSR count). The highest BCUT2D eigenvalue weighted by atomic mass is 32.1. The fraction of sp³-hybridized carbons (Fsp3) is 0.571. The Morgan fingerprint density at radius 2 is 2.42 bits per heavy atom. The lowest BCUT2D eigenvalue weighted by molar-refractivity contribution is 0.00161. The normalized spacial score (nSPS) is 18.6. The van der Waals surface area contributed by atoms with Crippen molar-refractivity contribution in [1.29, 1.82) is 5.26 Å². The van der Waals surface area contributed by atoms with E-state index in [1.165, 1.54) is 17.7 Å². The van der Waals surface area contributed by atoms with Gasteiger partial charge in [0.2, 0.25) is 0 Å². The molecule has 0 aromatic carbocycles. The van der Waals surface area contributed by atoms with E-state index in [-0.39, 0.29) is 6.10 Å². The van der Waals surface area contributed by atoms with Crippen molar-refractivity contribution < 1.29 is 9.47 Å². The Morgan fingerprint density at radius 1 is 1.63 bits per heavy atom. The summed E-state index contributed by atoms with van der Waals surface area (Å²) in [6.07, 6.45) is 2.41. The molecule has 1 aromatic heterocycles. The summed E-state index contributed by atoms with van der Waals surface area (Å²) < 4.78 is 10.9. The van der Waals surface area contributed by atoms with Gasteiger partial charge in [0.25, 0.3) is 0 Å². The zero-order valence-electron chi connectivity index (χ0n) is 11.5. The van der Waals surface area contributed by atoms with E-state index in [4.69, 9.17) is 9.47 Å². The number of nitrogens with zero attached hydrogens (tertiary/aromatic N) is 2. The molecule has 0 saturated heterocycles. The van der Waals surface area contributed by atoms with Crippen molar-refractivity contribution >= 4 is 22.7 Å². The van der Waals surface area contributed by atoms with Crippen LogP contribution >= 0.6 is 11.3 Å². The van der Waals surface area contributed by atoms with Crippen LogP contribution < -0.4 is 0 Å². The van der Waals surface area contributed by atoms with Crippen LogP contribution in [0.25, 0.3) is 0 Å². The fourth-order valence-electron chi connectivity index (χ4n) is 2.07. The predicted molar refractivity (Wildman–Crippen MR) is 75.9 cm³/mol. The van der Waals surface area contributed by atoms with E-state index < -0.39 is 0 Å². The largest absolute Gasteiger partial charge is 0.483 e. The van der Waals surface area contributed by atoms with Crippen molar-refractivity contribution in [2.45, 2.75) is 39.9 Å². The van der Waals surface area contributed by atoms with Crippen LogP contribution in [0.4, 0.5) is 5.00 Å². The smallest absolute Gasteiger partial charge is 0.175 e. The molecular formula is C14H18N2O2S. The lowest BCUT2D eigenvalue weighted by Crippen LogP contribution is -2.26. The Balaban J connectivity index is 2.29. The van der Waals surface area contributed by atoms with Gasteiger partial charge in [-0.2, -0.15) is 5.26 Å². The summed E-state index contributed by atoms with van der Waals surface area (Å²) in [5, 5.41) is 10.1. The molecule has 0 bridgehead atoms.